The highest BCUT2D eigenvalue weighted by Crippen LogP contribution is 2.33. The van der Waals surface area contributed by atoms with E-state index in [0.717, 1.165) is 23.1 Å². The molecule has 2 heterocycles. The quantitative estimate of drug-likeness (QED) is 0.671. The summed E-state index contributed by atoms with van der Waals surface area (Å²) in [5.41, 5.74) is 5.75. The number of unbranched alkanes of at least 4 members (excludes halogenated alkanes) is 1. The molecule has 1 amide bonds. The molecule has 0 aromatic carbocycles. The zero-order chi connectivity index (χ0) is 15.4. The summed E-state index contributed by atoms with van der Waals surface area (Å²) in [5.74, 6) is -0.637. The summed E-state index contributed by atoms with van der Waals surface area (Å²) in [5, 5.41) is 13.1. The van der Waals surface area contributed by atoms with Crippen LogP contribution in [0.25, 0.3) is 10.2 Å². The molecule has 0 fully saturated rings. The van der Waals surface area contributed by atoms with Gasteiger partial charge in [0, 0.05) is 13.0 Å². The van der Waals surface area contributed by atoms with Crippen molar-refractivity contribution in [1.29, 1.82) is 0 Å². The minimum Gasteiger partial charge on any atom is -0.477 e. The molecule has 0 saturated heterocycles. The van der Waals surface area contributed by atoms with E-state index in [-0.39, 0.29) is 10.8 Å². The van der Waals surface area contributed by atoms with Crippen molar-refractivity contribution in [3.8, 4) is 0 Å². The molecule has 7 nitrogen and oxygen atoms in total. The van der Waals surface area contributed by atoms with Crippen LogP contribution in [0.5, 0.6) is 0 Å². The minimum absolute atomic E-state index is 0.280. The van der Waals surface area contributed by atoms with E-state index in [1.165, 1.54) is 6.33 Å². The maximum absolute atomic E-state index is 11.2. The van der Waals surface area contributed by atoms with Gasteiger partial charge in [0.25, 0.3) is 0 Å². The van der Waals surface area contributed by atoms with Gasteiger partial charge in [-0.3, -0.25) is 4.79 Å². The number of hydrogen-bond acceptors (Lipinski definition) is 6. The van der Waals surface area contributed by atoms with Crippen molar-refractivity contribution < 1.29 is 14.7 Å². The number of aryl methyl sites for hydroxylation is 1. The van der Waals surface area contributed by atoms with Crippen LogP contribution in [0.3, 0.4) is 0 Å². The third kappa shape index (κ3) is 3.46. The third-order valence-electron chi connectivity index (χ3n) is 3.06. The van der Waals surface area contributed by atoms with Crippen molar-refractivity contribution in [3.63, 3.8) is 0 Å². The van der Waals surface area contributed by atoms with Crippen LogP contribution in [0, 0.1) is 6.92 Å². The molecule has 0 aliphatic heterocycles. The summed E-state index contributed by atoms with van der Waals surface area (Å²) in [7, 11) is 0. The number of carbonyl (C=O) groups is 2. The number of amides is 1. The van der Waals surface area contributed by atoms with Crippen LogP contribution in [0.4, 0.5) is 5.82 Å². The number of thiophene rings is 1. The topological polar surface area (TPSA) is 118 Å². The predicted molar refractivity (Wildman–Crippen MR) is 80.6 cm³/mol. The van der Waals surface area contributed by atoms with Gasteiger partial charge in [-0.05, 0) is 25.3 Å². The van der Waals surface area contributed by atoms with Gasteiger partial charge in [0.15, 0.2) is 0 Å². The van der Waals surface area contributed by atoms with E-state index in [0.29, 0.717) is 35.6 Å². The van der Waals surface area contributed by atoms with Crippen molar-refractivity contribution in [2.45, 2.75) is 26.2 Å². The lowest BCUT2D eigenvalue weighted by molar-refractivity contribution is -0.118. The van der Waals surface area contributed by atoms with Crippen molar-refractivity contribution >= 4 is 39.2 Å². The summed E-state index contributed by atoms with van der Waals surface area (Å²) >= 11 is 1.14. The number of nitrogens with two attached hydrogens (primary N) is 1. The lowest BCUT2D eigenvalue weighted by atomic mass is 10.2. The number of fused-ring (bicyclic) bond motifs is 1. The molecular formula is C13H16N4O3S. The molecule has 0 aliphatic carbocycles. The molecule has 0 radical (unpaired) electrons. The van der Waals surface area contributed by atoms with Crippen molar-refractivity contribution in [2.75, 3.05) is 11.9 Å². The Kier molecular flexibility index (Phi) is 4.69. The van der Waals surface area contributed by atoms with Crippen LogP contribution in [0.1, 0.15) is 34.5 Å². The Labute approximate surface area is 125 Å². The molecule has 2 rings (SSSR count). The summed E-state index contributed by atoms with van der Waals surface area (Å²) in [4.78, 5) is 31.0. The van der Waals surface area contributed by atoms with Crippen LogP contribution >= 0.6 is 11.3 Å². The highest BCUT2D eigenvalue weighted by molar-refractivity contribution is 7.20. The Balaban J connectivity index is 2.13. The molecule has 112 valence electrons. The normalized spacial score (nSPS) is 10.7. The molecule has 0 bridgehead atoms. The summed E-state index contributed by atoms with van der Waals surface area (Å²) in [6.07, 6.45) is 3.26. The molecule has 0 unspecified atom stereocenters. The van der Waals surface area contributed by atoms with Gasteiger partial charge in [-0.2, -0.15) is 0 Å². The average molecular weight is 308 g/mol. The van der Waals surface area contributed by atoms with Crippen LogP contribution in [-0.4, -0.2) is 33.5 Å². The number of nitrogens with one attached hydrogen (secondary N) is 1. The van der Waals surface area contributed by atoms with Gasteiger partial charge in [-0.25, -0.2) is 14.8 Å². The fourth-order valence-electron chi connectivity index (χ4n) is 2.04. The second kappa shape index (κ2) is 6.49. The first kappa shape index (κ1) is 15.2. The molecule has 0 saturated carbocycles. The van der Waals surface area contributed by atoms with E-state index in [1.807, 2.05) is 0 Å². The van der Waals surface area contributed by atoms with E-state index in [4.69, 9.17) is 10.8 Å². The molecule has 2 aromatic heterocycles. The Morgan fingerprint density at radius 1 is 1.38 bits per heavy atom. The van der Waals surface area contributed by atoms with Gasteiger partial charge >= 0.3 is 5.97 Å². The first-order valence-corrected chi connectivity index (χ1v) is 7.32. The van der Waals surface area contributed by atoms with Gasteiger partial charge in [0.05, 0.1) is 5.39 Å². The predicted octanol–water partition coefficient (Wildman–Crippen LogP) is 1.77. The molecule has 8 heteroatoms. The van der Waals surface area contributed by atoms with Gasteiger partial charge in [-0.1, -0.05) is 0 Å². The standard InChI is InChI=1S/C13H16N4O3S/c1-7-9-11(15-5-3-2-4-8(14)18)16-6-17-12(9)21-10(7)13(19)20/h6H,2-5H2,1H3,(H2,14,18)(H,19,20)(H,15,16,17). The zero-order valence-electron chi connectivity index (χ0n) is 11.5. The Hall–Kier alpha value is -2.22. The second-order valence-electron chi connectivity index (χ2n) is 4.61. The largest absolute Gasteiger partial charge is 0.477 e. The lowest BCUT2D eigenvalue weighted by Gasteiger charge is -2.06. The maximum atomic E-state index is 11.2. The smallest absolute Gasteiger partial charge is 0.346 e. The number of carboxylic acid groups (broad SMARTS) is 1. The first-order chi connectivity index (χ1) is 10.0. The number of anilines is 1. The number of hydrogen-bond donors (Lipinski definition) is 3. The van der Waals surface area contributed by atoms with Gasteiger partial charge in [0.2, 0.25) is 5.91 Å². The fraction of sp³-hybridized carbons (Fsp3) is 0.385. The Bertz CT molecular complexity index is 683. The molecular weight excluding hydrogens is 292 g/mol. The minimum atomic E-state index is -0.956. The van der Waals surface area contributed by atoms with E-state index in [1.54, 1.807) is 6.92 Å². The number of carboxylic acids is 1. The molecule has 4 N–H and O–H groups in total. The van der Waals surface area contributed by atoms with E-state index >= 15 is 0 Å². The second-order valence-corrected chi connectivity index (χ2v) is 5.61. The van der Waals surface area contributed by atoms with Crippen LogP contribution < -0.4 is 11.1 Å². The van der Waals surface area contributed by atoms with Crippen LogP contribution in [0.15, 0.2) is 6.33 Å². The van der Waals surface area contributed by atoms with Gasteiger partial charge in [-0.15, -0.1) is 11.3 Å². The fourth-order valence-corrected chi connectivity index (χ4v) is 3.03. The lowest BCUT2D eigenvalue weighted by Crippen LogP contribution is -2.11. The van der Waals surface area contributed by atoms with Crippen molar-refractivity contribution in [3.05, 3.63) is 16.8 Å². The highest BCUT2D eigenvalue weighted by Gasteiger charge is 2.18. The zero-order valence-corrected chi connectivity index (χ0v) is 12.4. The molecule has 2 aromatic rings. The molecule has 0 spiro atoms. The van der Waals surface area contributed by atoms with E-state index in [9.17, 15) is 9.59 Å². The van der Waals surface area contributed by atoms with E-state index < -0.39 is 5.97 Å². The van der Waals surface area contributed by atoms with E-state index in [2.05, 4.69) is 15.3 Å². The summed E-state index contributed by atoms with van der Waals surface area (Å²) in [6, 6.07) is 0. The number of primary amides is 1. The van der Waals surface area contributed by atoms with Gasteiger partial charge < -0.3 is 16.2 Å². The molecule has 21 heavy (non-hydrogen) atoms. The van der Waals surface area contributed by atoms with Crippen LogP contribution in [-0.2, 0) is 4.79 Å². The number of aromatic carboxylic acids is 1. The Morgan fingerprint density at radius 3 is 2.81 bits per heavy atom. The number of aromatic nitrogens is 2. The third-order valence-corrected chi connectivity index (χ3v) is 4.25. The first-order valence-electron chi connectivity index (χ1n) is 6.50. The SMILES string of the molecule is Cc1c(C(=O)O)sc2ncnc(NCCCCC(N)=O)c12. The highest BCUT2D eigenvalue weighted by atomic mass is 32.1. The van der Waals surface area contributed by atoms with Crippen LogP contribution in [0.2, 0.25) is 0 Å². The average Bonchev–Trinajstić information content (AvgIpc) is 2.76. The monoisotopic (exact) mass is 308 g/mol. The summed E-state index contributed by atoms with van der Waals surface area (Å²) in [6.45, 7) is 2.39. The number of nitrogens with zero attached hydrogens (tertiary/aromatic N) is 2. The number of rotatable bonds is 7. The van der Waals surface area contributed by atoms with Crippen molar-refractivity contribution in [2.24, 2.45) is 5.73 Å². The molecule has 0 atom stereocenters. The van der Waals surface area contributed by atoms with Gasteiger partial charge in [0.1, 0.15) is 21.9 Å². The number of carbonyl (C=O) groups excluding carboxylic acids is 1. The van der Waals surface area contributed by atoms with Crippen molar-refractivity contribution in [1.82, 2.24) is 9.97 Å². The molecule has 0 aliphatic rings. The maximum Gasteiger partial charge on any atom is 0.346 e. The summed E-state index contributed by atoms with van der Waals surface area (Å²) < 4.78 is 0. The Morgan fingerprint density at radius 2 is 2.14 bits per heavy atom.